The molecule has 0 heteroatoms. The molecular formula is C20H36. The van der Waals surface area contributed by atoms with Crippen molar-refractivity contribution in [3.05, 3.63) is 11.1 Å². The van der Waals surface area contributed by atoms with E-state index in [1.807, 2.05) is 11.1 Å². The van der Waals surface area contributed by atoms with Gasteiger partial charge in [-0.25, -0.2) is 0 Å². The first-order valence-electron chi connectivity index (χ1n) is 9.66. The van der Waals surface area contributed by atoms with Crippen LogP contribution in [0.5, 0.6) is 0 Å². The minimum atomic E-state index is 1.44. The highest BCUT2D eigenvalue weighted by Crippen LogP contribution is 2.30. The van der Waals surface area contributed by atoms with E-state index >= 15 is 0 Å². The largest absolute Gasteiger partial charge is 0.0710 e. The summed E-state index contributed by atoms with van der Waals surface area (Å²) < 4.78 is 0. The second kappa shape index (κ2) is 10.5. The number of rotatable bonds is 0. The van der Waals surface area contributed by atoms with E-state index in [1.54, 1.807) is 0 Å². The monoisotopic (exact) mass is 276 g/mol. The van der Waals surface area contributed by atoms with Crippen molar-refractivity contribution in [2.45, 2.75) is 116 Å². The highest BCUT2D eigenvalue weighted by molar-refractivity contribution is 5.15. The summed E-state index contributed by atoms with van der Waals surface area (Å²) in [5.41, 5.74) is 3.82. The van der Waals surface area contributed by atoms with Crippen LogP contribution in [-0.4, -0.2) is 0 Å². The summed E-state index contributed by atoms with van der Waals surface area (Å²) in [4.78, 5) is 0. The molecule has 0 heterocycles. The van der Waals surface area contributed by atoms with Crippen molar-refractivity contribution in [1.82, 2.24) is 0 Å². The lowest BCUT2D eigenvalue weighted by Gasteiger charge is -2.19. The minimum absolute atomic E-state index is 1.44. The van der Waals surface area contributed by atoms with Gasteiger partial charge < -0.3 is 0 Å². The van der Waals surface area contributed by atoms with Gasteiger partial charge in [0.15, 0.2) is 0 Å². The molecule has 0 aromatic rings. The van der Waals surface area contributed by atoms with E-state index in [4.69, 9.17) is 0 Å². The molecule has 0 unspecified atom stereocenters. The van der Waals surface area contributed by atoms with Gasteiger partial charge in [-0.3, -0.25) is 0 Å². The van der Waals surface area contributed by atoms with Crippen LogP contribution in [0.15, 0.2) is 11.1 Å². The zero-order valence-electron chi connectivity index (χ0n) is 13.7. The summed E-state index contributed by atoms with van der Waals surface area (Å²) in [5, 5.41) is 0. The fraction of sp³-hybridized carbons (Fsp3) is 0.900. The molecule has 116 valence electrons. The molecule has 0 saturated carbocycles. The zero-order valence-corrected chi connectivity index (χ0v) is 13.7. The van der Waals surface area contributed by atoms with Crippen LogP contribution in [0.4, 0.5) is 0 Å². The van der Waals surface area contributed by atoms with Crippen LogP contribution in [0.2, 0.25) is 0 Å². The Balaban J connectivity index is 1.97. The minimum Gasteiger partial charge on any atom is -0.0710 e. The van der Waals surface area contributed by atoms with Crippen LogP contribution in [0.1, 0.15) is 116 Å². The van der Waals surface area contributed by atoms with Gasteiger partial charge in [-0.1, -0.05) is 75.4 Å². The summed E-state index contributed by atoms with van der Waals surface area (Å²) in [6.07, 6.45) is 26.5. The van der Waals surface area contributed by atoms with Crippen LogP contribution in [-0.2, 0) is 0 Å². The molecule has 20 heavy (non-hydrogen) atoms. The predicted molar refractivity (Wildman–Crippen MR) is 90.1 cm³/mol. The van der Waals surface area contributed by atoms with Gasteiger partial charge in [-0.05, 0) is 51.4 Å². The number of hydrogen-bond acceptors (Lipinski definition) is 0. The van der Waals surface area contributed by atoms with Gasteiger partial charge in [-0.15, -0.1) is 0 Å². The third-order valence-electron chi connectivity index (χ3n) is 5.41. The van der Waals surface area contributed by atoms with Gasteiger partial charge in [0, 0.05) is 0 Å². The van der Waals surface area contributed by atoms with E-state index in [9.17, 15) is 0 Å². The predicted octanol–water partition coefficient (Wildman–Crippen LogP) is 7.33. The van der Waals surface area contributed by atoms with Crippen molar-refractivity contribution in [2.75, 3.05) is 0 Å². The molecule has 2 aliphatic carbocycles. The Bertz CT molecular complexity index is 246. The molecule has 0 atom stereocenters. The lowest BCUT2D eigenvalue weighted by molar-refractivity contribution is 0.528. The molecule has 0 radical (unpaired) electrons. The molecule has 0 N–H and O–H groups in total. The van der Waals surface area contributed by atoms with Crippen molar-refractivity contribution in [3.8, 4) is 0 Å². The fourth-order valence-electron chi connectivity index (χ4n) is 4.08. The summed E-state index contributed by atoms with van der Waals surface area (Å²) in [6, 6.07) is 0. The molecule has 0 aromatic carbocycles. The normalized spacial score (nSPS) is 25.2. The molecule has 2 rings (SSSR count). The zero-order chi connectivity index (χ0) is 13.9. The number of hydrogen-bond donors (Lipinski definition) is 0. The van der Waals surface area contributed by atoms with Gasteiger partial charge in [-0.2, -0.15) is 0 Å². The Kier molecular flexibility index (Phi) is 8.43. The van der Waals surface area contributed by atoms with E-state index in [2.05, 4.69) is 0 Å². The molecule has 0 fully saturated rings. The lowest BCUT2D eigenvalue weighted by atomic mass is 9.88. The molecule has 0 bridgehead atoms. The van der Waals surface area contributed by atoms with Crippen molar-refractivity contribution in [1.29, 1.82) is 0 Å². The maximum atomic E-state index is 1.91. The van der Waals surface area contributed by atoms with Gasteiger partial charge in [0.05, 0.1) is 0 Å². The molecular weight excluding hydrogens is 240 g/mol. The van der Waals surface area contributed by atoms with Crippen molar-refractivity contribution < 1.29 is 0 Å². The highest BCUT2D eigenvalue weighted by atomic mass is 14.2. The van der Waals surface area contributed by atoms with Gasteiger partial charge in [0.1, 0.15) is 0 Å². The highest BCUT2D eigenvalue weighted by Gasteiger charge is 2.10. The van der Waals surface area contributed by atoms with Crippen molar-refractivity contribution >= 4 is 0 Å². The Labute approximate surface area is 127 Å². The Hall–Kier alpha value is -0.260. The quantitative estimate of drug-likeness (QED) is 0.406. The first-order valence-corrected chi connectivity index (χ1v) is 9.66. The molecule has 0 aromatic heterocycles. The topological polar surface area (TPSA) is 0 Å². The Morgan fingerprint density at radius 3 is 0.700 bits per heavy atom. The second-order valence-electron chi connectivity index (χ2n) is 7.16. The molecule has 0 nitrogen and oxygen atoms in total. The maximum Gasteiger partial charge on any atom is -0.0318 e. The summed E-state index contributed by atoms with van der Waals surface area (Å²) in [7, 11) is 0. The standard InChI is InChI=1S/C20H36/c1-2-4-8-12-16-20-18-14-10-6-5-9-13-17-19(20)15-11-7-3-1/h1-18H2. The summed E-state index contributed by atoms with van der Waals surface area (Å²) >= 11 is 0. The summed E-state index contributed by atoms with van der Waals surface area (Å²) in [5.74, 6) is 0. The van der Waals surface area contributed by atoms with E-state index in [0.29, 0.717) is 0 Å². The van der Waals surface area contributed by atoms with Gasteiger partial charge >= 0.3 is 0 Å². The van der Waals surface area contributed by atoms with E-state index in [0.717, 1.165) is 0 Å². The first-order chi connectivity index (χ1) is 9.97. The molecule has 0 amide bonds. The van der Waals surface area contributed by atoms with Crippen LogP contribution >= 0.6 is 0 Å². The Morgan fingerprint density at radius 2 is 0.450 bits per heavy atom. The van der Waals surface area contributed by atoms with Crippen LogP contribution in [0.3, 0.4) is 0 Å². The van der Waals surface area contributed by atoms with E-state index < -0.39 is 0 Å². The van der Waals surface area contributed by atoms with Gasteiger partial charge in [0.25, 0.3) is 0 Å². The fourth-order valence-corrected chi connectivity index (χ4v) is 4.08. The first kappa shape index (κ1) is 16.1. The van der Waals surface area contributed by atoms with Crippen LogP contribution in [0, 0.1) is 0 Å². The molecule has 0 saturated heterocycles. The molecule has 0 spiro atoms. The Morgan fingerprint density at radius 1 is 0.250 bits per heavy atom. The van der Waals surface area contributed by atoms with E-state index in [1.165, 1.54) is 116 Å². The second-order valence-corrected chi connectivity index (χ2v) is 7.16. The third kappa shape index (κ3) is 6.46. The number of allylic oxidation sites excluding steroid dienone is 2. The smallest absolute Gasteiger partial charge is 0.0318 e. The van der Waals surface area contributed by atoms with Crippen molar-refractivity contribution in [3.63, 3.8) is 0 Å². The van der Waals surface area contributed by atoms with Crippen LogP contribution in [0.25, 0.3) is 0 Å². The third-order valence-corrected chi connectivity index (χ3v) is 5.41. The van der Waals surface area contributed by atoms with E-state index in [-0.39, 0.29) is 0 Å². The van der Waals surface area contributed by atoms with Crippen molar-refractivity contribution in [2.24, 2.45) is 0 Å². The van der Waals surface area contributed by atoms with Crippen LogP contribution < -0.4 is 0 Å². The molecule has 2 aliphatic rings. The average Bonchev–Trinajstić information content (AvgIpc) is 2.46. The average molecular weight is 277 g/mol. The lowest BCUT2D eigenvalue weighted by Crippen LogP contribution is -1.99. The SMILES string of the molecule is C1CCCCCC2=C(CCCC1)CCCCCCCC2. The maximum absolute atomic E-state index is 1.91. The summed E-state index contributed by atoms with van der Waals surface area (Å²) in [6.45, 7) is 0. The molecule has 0 aliphatic heterocycles. The van der Waals surface area contributed by atoms with Gasteiger partial charge in [0.2, 0.25) is 0 Å².